The van der Waals surface area contributed by atoms with Crippen molar-refractivity contribution in [2.45, 2.75) is 44.9 Å². The predicted molar refractivity (Wildman–Crippen MR) is 76.4 cm³/mol. The van der Waals surface area contributed by atoms with E-state index in [0.717, 1.165) is 12.5 Å². The third-order valence-electron chi connectivity index (χ3n) is 3.64. The first-order chi connectivity index (χ1) is 8.92. The van der Waals surface area contributed by atoms with Gasteiger partial charge < -0.3 is 4.74 Å². The molecule has 2 rings (SSSR count). The molecule has 98 valence electrons. The molecule has 0 aromatic heterocycles. The highest BCUT2D eigenvalue weighted by Crippen LogP contribution is 2.33. The highest BCUT2D eigenvalue weighted by atomic mass is 16.5. The van der Waals surface area contributed by atoms with Gasteiger partial charge in [-0.1, -0.05) is 43.5 Å². The molecule has 0 aliphatic heterocycles. The van der Waals surface area contributed by atoms with E-state index in [4.69, 9.17) is 4.74 Å². The lowest BCUT2D eigenvalue weighted by Crippen LogP contribution is -2.07. The fraction of sp³-hybridized carbons (Fsp3) is 0.562. The molecule has 0 radical (unpaired) electrons. The van der Waals surface area contributed by atoms with E-state index in [1.54, 1.807) is 0 Å². The number of nitrogens with zero attached hydrogens (tertiary/aromatic N) is 1. The Bertz CT molecular complexity index is 380. The van der Waals surface area contributed by atoms with Crippen LogP contribution < -0.4 is 0 Å². The molecular weight excluding hydrogens is 222 g/mol. The molecule has 0 amide bonds. The van der Waals surface area contributed by atoms with Crippen molar-refractivity contribution in [3.05, 3.63) is 35.4 Å². The van der Waals surface area contributed by atoms with E-state index >= 15 is 0 Å². The minimum absolute atomic E-state index is 0.468. The van der Waals surface area contributed by atoms with Gasteiger partial charge in [0.25, 0.3) is 0 Å². The van der Waals surface area contributed by atoms with E-state index in [9.17, 15) is 0 Å². The van der Waals surface area contributed by atoms with Crippen LogP contribution in [-0.4, -0.2) is 19.6 Å². The number of benzene rings is 1. The van der Waals surface area contributed by atoms with Gasteiger partial charge in [0.05, 0.1) is 0 Å². The smallest absolute Gasteiger partial charge is 0.137 e. The Labute approximate surface area is 110 Å². The maximum absolute atomic E-state index is 5.24. The molecule has 1 saturated carbocycles. The summed E-state index contributed by atoms with van der Waals surface area (Å²) in [6.07, 6.45) is 8.77. The van der Waals surface area contributed by atoms with Crippen molar-refractivity contribution in [1.29, 1.82) is 0 Å². The summed E-state index contributed by atoms with van der Waals surface area (Å²) in [5.74, 6) is 0.730. The van der Waals surface area contributed by atoms with E-state index < -0.39 is 0 Å². The van der Waals surface area contributed by atoms with Crippen LogP contribution in [0.4, 0.5) is 0 Å². The van der Waals surface area contributed by atoms with Crippen molar-refractivity contribution >= 4 is 6.21 Å². The summed E-state index contributed by atoms with van der Waals surface area (Å²) in [7, 11) is 0. The summed E-state index contributed by atoms with van der Waals surface area (Å²) >= 11 is 0. The molecule has 0 bridgehead atoms. The summed E-state index contributed by atoms with van der Waals surface area (Å²) in [6.45, 7) is 3.18. The lowest BCUT2D eigenvalue weighted by molar-refractivity contribution is 0.156. The van der Waals surface area contributed by atoms with Crippen LogP contribution in [-0.2, 0) is 4.74 Å². The second-order valence-corrected chi connectivity index (χ2v) is 4.90. The summed E-state index contributed by atoms with van der Waals surface area (Å²) in [6, 6.07) is 8.66. The summed E-state index contributed by atoms with van der Waals surface area (Å²) in [5, 5.41) is 0. The van der Waals surface area contributed by atoms with Gasteiger partial charge >= 0.3 is 0 Å². The molecular formula is C16H23NO. The average molecular weight is 245 g/mol. The van der Waals surface area contributed by atoms with Crippen LogP contribution in [0.5, 0.6) is 0 Å². The normalized spacial score (nSPS) is 17.4. The van der Waals surface area contributed by atoms with E-state index in [-0.39, 0.29) is 0 Å². The Kier molecular flexibility index (Phi) is 5.40. The van der Waals surface area contributed by atoms with Crippen LogP contribution in [0, 0.1) is 0 Å². The second-order valence-electron chi connectivity index (χ2n) is 4.90. The Morgan fingerprint density at radius 3 is 2.78 bits per heavy atom. The van der Waals surface area contributed by atoms with Crippen LogP contribution >= 0.6 is 0 Å². The Balaban J connectivity index is 2.06. The van der Waals surface area contributed by atoms with E-state index in [1.807, 2.05) is 13.1 Å². The summed E-state index contributed by atoms with van der Waals surface area (Å²) < 4.78 is 5.24. The quantitative estimate of drug-likeness (QED) is 0.564. The van der Waals surface area contributed by atoms with Gasteiger partial charge in [-0.15, -0.1) is 0 Å². The molecule has 1 aromatic rings. The molecule has 1 aromatic carbocycles. The monoisotopic (exact) mass is 245 g/mol. The summed E-state index contributed by atoms with van der Waals surface area (Å²) in [5.41, 5.74) is 2.74. The van der Waals surface area contributed by atoms with Crippen molar-refractivity contribution in [2.75, 3.05) is 13.3 Å². The topological polar surface area (TPSA) is 21.6 Å². The lowest BCUT2D eigenvalue weighted by atomic mass is 9.82. The molecule has 0 saturated heterocycles. The Hall–Kier alpha value is -1.15. The van der Waals surface area contributed by atoms with Crippen molar-refractivity contribution in [1.82, 2.24) is 0 Å². The molecule has 0 N–H and O–H groups in total. The van der Waals surface area contributed by atoms with E-state index in [0.29, 0.717) is 6.73 Å². The maximum Gasteiger partial charge on any atom is 0.137 e. The summed E-state index contributed by atoms with van der Waals surface area (Å²) in [4.78, 5) is 4.34. The van der Waals surface area contributed by atoms with Gasteiger partial charge in [-0.2, -0.15) is 0 Å². The fourth-order valence-electron chi connectivity index (χ4n) is 2.69. The van der Waals surface area contributed by atoms with Crippen LogP contribution in [0.15, 0.2) is 29.3 Å². The van der Waals surface area contributed by atoms with Crippen LogP contribution in [0.2, 0.25) is 0 Å². The van der Waals surface area contributed by atoms with Crippen molar-refractivity contribution < 1.29 is 4.74 Å². The van der Waals surface area contributed by atoms with Gasteiger partial charge in [0.2, 0.25) is 0 Å². The molecule has 18 heavy (non-hydrogen) atoms. The molecule has 0 unspecified atom stereocenters. The van der Waals surface area contributed by atoms with Crippen molar-refractivity contribution in [3.8, 4) is 0 Å². The molecule has 0 atom stereocenters. The largest absolute Gasteiger partial charge is 0.360 e. The first-order valence-corrected chi connectivity index (χ1v) is 7.08. The first kappa shape index (κ1) is 13.3. The zero-order valence-corrected chi connectivity index (χ0v) is 11.3. The predicted octanol–water partition coefficient (Wildman–Crippen LogP) is 4.15. The molecule has 1 fully saturated rings. The third kappa shape index (κ3) is 3.67. The first-order valence-electron chi connectivity index (χ1n) is 7.08. The SMILES string of the molecule is CCOCN=Cc1ccccc1C1CCCCC1. The Morgan fingerprint density at radius 2 is 2.00 bits per heavy atom. The molecule has 2 nitrogen and oxygen atoms in total. The van der Waals surface area contributed by atoms with Gasteiger partial charge in [0, 0.05) is 12.8 Å². The van der Waals surface area contributed by atoms with Gasteiger partial charge in [-0.3, -0.25) is 4.99 Å². The molecule has 1 aliphatic carbocycles. The Morgan fingerprint density at radius 1 is 1.22 bits per heavy atom. The number of hydrogen-bond donors (Lipinski definition) is 0. The van der Waals surface area contributed by atoms with Crippen molar-refractivity contribution in [3.63, 3.8) is 0 Å². The van der Waals surface area contributed by atoms with Crippen molar-refractivity contribution in [2.24, 2.45) is 4.99 Å². The van der Waals surface area contributed by atoms with Crippen LogP contribution in [0.25, 0.3) is 0 Å². The minimum Gasteiger partial charge on any atom is -0.360 e. The van der Waals surface area contributed by atoms with Crippen LogP contribution in [0.1, 0.15) is 56.1 Å². The average Bonchev–Trinajstić information content (AvgIpc) is 2.45. The van der Waals surface area contributed by atoms with Gasteiger partial charge in [0.1, 0.15) is 6.73 Å². The number of hydrogen-bond acceptors (Lipinski definition) is 2. The van der Waals surface area contributed by atoms with Gasteiger partial charge in [-0.05, 0) is 36.8 Å². The standard InChI is InChI=1S/C16H23NO/c1-2-18-13-17-12-15-10-6-7-11-16(15)14-8-4-3-5-9-14/h6-7,10-12,14H,2-5,8-9,13H2,1H3. The highest BCUT2D eigenvalue weighted by molar-refractivity contribution is 5.82. The molecule has 0 spiro atoms. The van der Waals surface area contributed by atoms with Crippen LogP contribution in [0.3, 0.4) is 0 Å². The third-order valence-corrected chi connectivity index (χ3v) is 3.64. The highest BCUT2D eigenvalue weighted by Gasteiger charge is 2.17. The fourth-order valence-corrected chi connectivity index (χ4v) is 2.69. The number of ether oxygens (including phenoxy) is 1. The zero-order valence-electron chi connectivity index (χ0n) is 11.3. The second kappa shape index (κ2) is 7.32. The number of aliphatic imine (C=N–C) groups is 1. The molecule has 1 aliphatic rings. The lowest BCUT2D eigenvalue weighted by Gasteiger charge is -2.23. The molecule has 2 heteroatoms. The van der Waals surface area contributed by atoms with E-state index in [2.05, 4.69) is 29.3 Å². The maximum atomic E-state index is 5.24. The number of rotatable bonds is 5. The zero-order chi connectivity index (χ0) is 12.6. The minimum atomic E-state index is 0.468. The van der Waals surface area contributed by atoms with Gasteiger partial charge in [-0.25, -0.2) is 0 Å². The molecule has 0 heterocycles. The van der Waals surface area contributed by atoms with Gasteiger partial charge in [0.15, 0.2) is 0 Å². The van der Waals surface area contributed by atoms with E-state index in [1.165, 1.54) is 43.2 Å².